The van der Waals surface area contributed by atoms with E-state index in [0.29, 0.717) is 19.4 Å². The molecule has 1 atom stereocenters. The largest absolute Gasteiger partial charge is 0.480 e. The van der Waals surface area contributed by atoms with Crippen LogP contribution in [-0.2, 0) is 14.4 Å². The highest BCUT2D eigenvalue weighted by atomic mass is 16.4. The Morgan fingerprint density at radius 1 is 1.53 bits per heavy atom. The zero-order valence-electron chi connectivity index (χ0n) is 10.3. The summed E-state index contributed by atoms with van der Waals surface area (Å²) in [6.45, 7) is 4.98. The lowest BCUT2D eigenvalue weighted by molar-refractivity contribution is -0.157. The van der Waals surface area contributed by atoms with E-state index in [9.17, 15) is 14.4 Å². The standard InChI is InChI=1S/C11H18N2O4/c1-4-13(11(2,3)10(16)17)9(15)7-5-6-8(14)12-7/h7H,4-6H2,1-3H3,(H,12,14)(H,16,17)/t7-/m1/s1. The molecule has 96 valence electrons. The molecule has 0 unspecified atom stereocenters. The lowest BCUT2D eigenvalue weighted by Gasteiger charge is -2.35. The third-order valence-corrected chi connectivity index (χ3v) is 3.07. The molecule has 1 fully saturated rings. The second-order valence-corrected chi connectivity index (χ2v) is 4.61. The molecule has 0 aromatic rings. The third kappa shape index (κ3) is 2.57. The molecule has 6 nitrogen and oxygen atoms in total. The maximum Gasteiger partial charge on any atom is 0.329 e. The molecule has 0 saturated carbocycles. The highest BCUT2D eigenvalue weighted by Gasteiger charge is 2.40. The number of rotatable bonds is 4. The van der Waals surface area contributed by atoms with Crippen molar-refractivity contribution in [3.05, 3.63) is 0 Å². The third-order valence-electron chi connectivity index (χ3n) is 3.07. The van der Waals surface area contributed by atoms with Crippen molar-refractivity contribution in [2.45, 2.75) is 45.2 Å². The fourth-order valence-electron chi connectivity index (χ4n) is 1.93. The van der Waals surface area contributed by atoms with E-state index >= 15 is 0 Å². The van der Waals surface area contributed by atoms with Gasteiger partial charge in [0.15, 0.2) is 0 Å². The molecule has 2 N–H and O–H groups in total. The van der Waals surface area contributed by atoms with Crippen LogP contribution in [-0.4, -0.2) is 45.9 Å². The minimum atomic E-state index is -1.26. The zero-order valence-corrected chi connectivity index (χ0v) is 10.3. The van der Waals surface area contributed by atoms with E-state index in [0.717, 1.165) is 0 Å². The molecule has 1 heterocycles. The van der Waals surface area contributed by atoms with Crippen molar-refractivity contribution in [3.63, 3.8) is 0 Å². The van der Waals surface area contributed by atoms with Crippen LogP contribution in [0.25, 0.3) is 0 Å². The molecule has 0 aromatic carbocycles. The molecule has 1 aliphatic heterocycles. The van der Waals surface area contributed by atoms with Crippen LogP contribution in [0.2, 0.25) is 0 Å². The number of aliphatic carboxylic acids is 1. The Labute approximate surface area is 100.0 Å². The molecule has 1 rings (SSSR count). The summed E-state index contributed by atoms with van der Waals surface area (Å²) >= 11 is 0. The number of carboxylic acid groups (broad SMARTS) is 1. The summed E-state index contributed by atoms with van der Waals surface area (Å²) in [5, 5.41) is 11.7. The number of carbonyl (C=O) groups is 3. The van der Waals surface area contributed by atoms with Gasteiger partial charge in [-0.25, -0.2) is 4.79 Å². The lowest BCUT2D eigenvalue weighted by atomic mass is 10.0. The Kier molecular flexibility index (Phi) is 3.75. The number of nitrogens with one attached hydrogen (secondary N) is 1. The summed E-state index contributed by atoms with van der Waals surface area (Å²) in [5.41, 5.74) is -1.26. The van der Waals surface area contributed by atoms with E-state index < -0.39 is 17.6 Å². The topological polar surface area (TPSA) is 86.7 Å². The Balaban J connectivity index is 2.84. The number of hydrogen-bond acceptors (Lipinski definition) is 3. The van der Waals surface area contributed by atoms with Gasteiger partial charge in [-0.15, -0.1) is 0 Å². The zero-order chi connectivity index (χ0) is 13.2. The van der Waals surface area contributed by atoms with Crippen LogP contribution in [0, 0.1) is 0 Å². The highest BCUT2D eigenvalue weighted by molar-refractivity contribution is 5.93. The van der Waals surface area contributed by atoms with Gasteiger partial charge in [0, 0.05) is 13.0 Å². The number of hydrogen-bond donors (Lipinski definition) is 2. The van der Waals surface area contributed by atoms with Gasteiger partial charge in [-0.05, 0) is 27.2 Å². The van der Waals surface area contributed by atoms with Crippen LogP contribution >= 0.6 is 0 Å². The first-order valence-electron chi connectivity index (χ1n) is 5.65. The van der Waals surface area contributed by atoms with Crippen molar-refractivity contribution in [2.24, 2.45) is 0 Å². The van der Waals surface area contributed by atoms with Crippen LogP contribution in [0.15, 0.2) is 0 Å². The lowest BCUT2D eigenvalue weighted by Crippen LogP contribution is -2.57. The molecule has 0 aliphatic carbocycles. The summed E-state index contributed by atoms with van der Waals surface area (Å²) in [7, 11) is 0. The molecule has 0 bridgehead atoms. The fraction of sp³-hybridized carbons (Fsp3) is 0.727. The molecule has 17 heavy (non-hydrogen) atoms. The molecule has 6 heteroatoms. The summed E-state index contributed by atoms with van der Waals surface area (Å²) in [6.07, 6.45) is 0.755. The van der Waals surface area contributed by atoms with E-state index in [4.69, 9.17) is 5.11 Å². The van der Waals surface area contributed by atoms with Gasteiger partial charge < -0.3 is 15.3 Å². The highest BCUT2D eigenvalue weighted by Crippen LogP contribution is 2.19. The van der Waals surface area contributed by atoms with Gasteiger partial charge in [0.25, 0.3) is 0 Å². The molecular formula is C11H18N2O4. The van der Waals surface area contributed by atoms with Crippen LogP contribution in [0.1, 0.15) is 33.6 Å². The number of nitrogens with zero attached hydrogens (tertiary/aromatic N) is 1. The first-order chi connectivity index (χ1) is 7.80. The minimum absolute atomic E-state index is 0.160. The van der Waals surface area contributed by atoms with Crippen molar-refractivity contribution in [3.8, 4) is 0 Å². The quantitative estimate of drug-likeness (QED) is 0.725. The van der Waals surface area contributed by atoms with Crippen molar-refractivity contribution in [1.82, 2.24) is 10.2 Å². The van der Waals surface area contributed by atoms with E-state index in [-0.39, 0.29) is 11.8 Å². The summed E-state index contributed by atoms with van der Waals surface area (Å²) in [4.78, 5) is 35.6. The smallest absolute Gasteiger partial charge is 0.329 e. The molecule has 1 saturated heterocycles. The first-order valence-corrected chi connectivity index (χ1v) is 5.65. The maximum absolute atomic E-state index is 12.1. The number of amides is 2. The number of carbonyl (C=O) groups excluding carboxylic acids is 2. The van der Waals surface area contributed by atoms with E-state index in [1.54, 1.807) is 6.92 Å². The summed E-state index contributed by atoms with van der Waals surface area (Å²) < 4.78 is 0. The maximum atomic E-state index is 12.1. The molecule has 2 amide bonds. The van der Waals surface area contributed by atoms with Crippen molar-refractivity contribution >= 4 is 17.8 Å². The van der Waals surface area contributed by atoms with E-state index in [2.05, 4.69) is 5.32 Å². The average Bonchev–Trinajstić information content (AvgIpc) is 2.65. The van der Waals surface area contributed by atoms with E-state index in [1.807, 2.05) is 0 Å². The molecular weight excluding hydrogens is 224 g/mol. The van der Waals surface area contributed by atoms with E-state index in [1.165, 1.54) is 18.7 Å². The minimum Gasteiger partial charge on any atom is -0.480 e. The molecule has 0 radical (unpaired) electrons. The predicted molar refractivity (Wildman–Crippen MR) is 60.3 cm³/mol. The Bertz CT molecular complexity index is 351. The fourth-order valence-corrected chi connectivity index (χ4v) is 1.93. The van der Waals surface area contributed by atoms with Crippen molar-refractivity contribution in [1.29, 1.82) is 0 Å². The van der Waals surface area contributed by atoms with Gasteiger partial charge in [-0.3, -0.25) is 9.59 Å². The van der Waals surface area contributed by atoms with Crippen molar-refractivity contribution in [2.75, 3.05) is 6.54 Å². The van der Waals surface area contributed by atoms with Gasteiger partial charge >= 0.3 is 5.97 Å². The van der Waals surface area contributed by atoms with Gasteiger partial charge in [0.05, 0.1) is 0 Å². The average molecular weight is 242 g/mol. The number of carboxylic acids is 1. The van der Waals surface area contributed by atoms with Gasteiger partial charge in [0.1, 0.15) is 11.6 Å². The Morgan fingerprint density at radius 2 is 2.12 bits per heavy atom. The molecule has 0 spiro atoms. The van der Waals surface area contributed by atoms with Gasteiger partial charge in [0.2, 0.25) is 11.8 Å². The Morgan fingerprint density at radius 3 is 2.47 bits per heavy atom. The van der Waals surface area contributed by atoms with Crippen LogP contribution in [0.5, 0.6) is 0 Å². The number of likely N-dealkylation sites (N-methyl/N-ethyl adjacent to an activating group) is 1. The van der Waals surface area contributed by atoms with Crippen molar-refractivity contribution < 1.29 is 19.5 Å². The normalized spacial score (nSPS) is 19.9. The predicted octanol–water partition coefficient (Wildman–Crippen LogP) is -0.0233. The first kappa shape index (κ1) is 13.5. The van der Waals surface area contributed by atoms with Gasteiger partial charge in [-0.2, -0.15) is 0 Å². The van der Waals surface area contributed by atoms with Crippen LogP contribution < -0.4 is 5.32 Å². The second kappa shape index (κ2) is 4.73. The monoisotopic (exact) mass is 242 g/mol. The Hall–Kier alpha value is -1.59. The second-order valence-electron chi connectivity index (χ2n) is 4.61. The summed E-state index contributed by atoms with van der Waals surface area (Å²) in [5.74, 6) is -1.55. The molecule has 0 aromatic heterocycles. The van der Waals surface area contributed by atoms with Crippen LogP contribution in [0.4, 0.5) is 0 Å². The SMILES string of the molecule is CCN(C(=O)[C@H]1CCC(=O)N1)C(C)(C)C(=O)O. The van der Waals surface area contributed by atoms with Crippen LogP contribution in [0.3, 0.4) is 0 Å². The summed E-state index contributed by atoms with van der Waals surface area (Å²) in [6, 6.07) is -0.582. The van der Waals surface area contributed by atoms with Gasteiger partial charge in [-0.1, -0.05) is 0 Å². The molecule has 1 aliphatic rings.